The Balaban J connectivity index is 1.62. The van der Waals surface area contributed by atoms with Gasteiger partial charge in [-0.3, -0.25) is 14.4 Å². The van der Waals surface area contributed by atoms with Crippen molar-refractivity contribution in [3.8, 4) is 0 Å². The van der Waals surface area contributed by atoms with Gasteiger partial charge in [-0.25, -0.2) is 0 Å². The van der Waals surface area contributed by atoms with Gasteiger partial charge < -0.3 is 9.47 Å². The van der Waals surface area contributed by atoms with Crippen molar-refractivity contribution >= 4 is 17.7 Å². The molecule has 4 aliphatic carbocycles. The Kier molecular flexibility index (Phi) is 4.71. The molecule has 28 heavy (non-hydrogen) atoms. The first-order valence-corrected chi connectivity index (χ1v) is 10.7. The average molecular weight is 389 g/mol. The molecule has 5 heteroatoms. The van der Waals surface area contributed by atoms with E-state index >= 15 is 0 Å². The summed E-state index contributed by atoms with van der Waals surface area (Å²) in [5.41, 5.74) is 1.09. The Morgan fingerprint density at radius 2 is 1.68 bits per heavy atom. The van der Waals surface area contributed by atoms with Crippen LogP contribution in [0.1, 0.15) is 72.6 Å². The third-order valence-corrected chi connectivity index (χ3v) is 8.45. The highest BCUT2D eigenvalue weighted by Gasteiger charge is 2.61. The minimum absolute atomic E-state index is 0.01000. The first-order chi connectivity index (χ1) is 13.1. The van der Waals surface area contributed by atoms with E-state index in [0.29, 0.717) is 12.3 Å². The molecule has 0 bridgehead atoms. The zero-order chi connectivity index (χ0) is 20.3. The maximum atomic E-state index is 13.3. The highest BCUT2D eigenvalue weighted by molar-refractivity contribution is 5.94. The summed E-state index contributed by atoms with van der Waals surface area (Å²) in [7, 11) is 0. The smallest absolute Gasteiger partial charge is 0.302 e. The van der Waals surface area contributed by atoms with E-state index in [2.05, 4.69) is 13.8 Å². The highest BCUT2D eigenvalue weighted by atomic mass is 16.5. The molecule has 0 N–H and O–H groups in total. The fourth-order valence-corrected chi connectivity index (χ4v) is 7.05. The number of ether oxygens (including phenoxy) is 2. The third-order valence-electron chi connectivity index (χ3n) is 8.45. The lowest BCUT2D eigenvalue weighted by Gasteiger charge is -2.56. The lowest BCUT2D eigenvalue weighted by atomic mass is 9.47. The lowest BCUT2D eigenvalue weighted by Crippen LogP contribution is -2.54. The van der Waals surface area contributed by atoms with Gasteiger partial charge in [-0.05, 0) is 61.9 Å². The van der Waals surface area contributed by atoms with Gasteiger partial charge in [0.25, 0.3) is 0 Å². The van der Waals surface area contributed by atoms with Crippen molar-refractivity contribution in [2.24, 2.45) is 28.6 Å². The number of hydrogen-bond acceptors (Lipinski definition) is 5. The van der Waals surface area contributed by atoms with E-state index in [-0.39, 0.29) is 52.6 Å². The van der Waals surface area contributed by atoms with Crippen molar-refractivity contribution in [1.82, 2.24) is 0 Å². The molecule has 5 nitrogen and oxygen atoms in total. The molecular weight excluding hydrogens is 356 g/mol. The summed E-state index contributed by atoms with van der Waals surface area (Å²) in [5, 5.41) is 0. The predicted octanol–water partition coefficient (Wildman–Crippen LogP) is 3.99. The van der Waals surface area contributed by atoms with E-state index < -0.39 is 0 Å². The number of rotatable bonds is 2. The summed E-state index contributed by atoms with van der Waals surface area (Å²) in [4.78, 5) is 36.2. The largest absolute Gasteiger partial charge is 0.462 e. The van der Waals surface area contributed by atoms with Gasteiger partial charge in [-0.2, -0.15) is 0 Å². The van der Waals surface area contributed by atoms with Gasteiger partial charge in [0.15, 0.2) is 5.78 Å². The SMILES string of the molecule is CC(=O)O[C@@H]1CC[C@@]2(C)C(=CC(=O)[C@@H]3[C@@H]4CC[C@@H](OC(C)=O)[C@@]4(C)CC[C@@H]32)C1. The Morgan fingerprint density at radius 3 is 2.36 bits per heavy atom. The second kappa shape index (κ2) is 6.70. The first kappa shape index (κ1) is 19.7. The molecule has 154 valence electrons. The lowest BCUT2D eigenvalue weighted by molar-refractivity contribution is -0.158. The Morgan fingerprint density at radius 1 is 0.964 bits per heavy atom. The normalized spacial score (nSPS) is 44.6. The summed E-state index contributed by atoms with van der Waals surface area (Å²) < 4.78 is 11.1. The van der Waals surface area contributed by atoms with Crippen LogP contribution in [0.25, 0.3) is 0 Å². The molecule has 3 saturated carbocycles. The van der Waals surface area contributed by atoms with Gasteiger partial charge >= 0.3 is 11.9 Å². The van der Waals surface area contributed by atoms with Crippen LogP contribution in [0, 0.1) is 28.6 Å². The molecule has 0 heterocycles. The number of allylic oxidation sites excluding steroid dienone is 1. The number of ketones is 1. The molecule has 3 fully saturated rings. The Bertz CT molecular complexity index is 739. The van der Waals surface area contributed by atoms with Crippen molar-refractivity contribution in [3.05, 3.63) is 11.6 Å². The molecule has 0 radical (unpaired) electrons. The van der Waals surface area contributed by atoms with Gasteiger partial charge in [0.2, 0.25) is 0 Å². The van der Waals surface area contributed by atoms with Crippen molar-refractivity contribution in [2.45, 2.75) is 84.8 Å². The molecule has 0 unspecified atom stereocenters. The van der Waals surface area contributed by atoms with E-state index in [0.717, 1.165) is 38.5 Å². The van der Waals surface area contributed by atoms with E-state index in [1.165, 1.54) is 19.4 Å². The fraction of sp³-hybridized carbons (Fsp3) is 0.783. The number of hydrogen-bond donors (Lipinski definition) is 0. The van der Waals surface area contributed by atoms with Crippen molar-refractivity contribution in [1.29, 1.82) is 0 Å². The second-order valence-electron chi connectivity index (χ2n) is 9.92. The quantitative estimate of drug-likeness (QED) is 0.669. The number of esters is 2. The van der Waals surface area contributed by atoms with Crippen molar-refractivity contribution in [2.75, 3.05) is 0 Å². The third kappa shape index (κ3) is 2.93. The molecule has 0 spiro atoms. The van der Waals surface area contributed by atoms with E-state index in [1.54, 1.807) is 0 Å². The summed E-state index contributed by atoms with van der Waals surface area (Å²) in [5.74, 6) is 0.419. The van der Waals surface area contributed by atoms with Crippen LogP contribution < -0.4 is 0 Å². The van der Waals surface area contributed by atoms with E-state index in [1.807, 2.05) is 6.08 Å². The Hall–Kier alpha value is -1.65. The number of carbonyl (C=O) groups excluding carboxylic acids is 3. The van der Waals surface area contributed by atoms with Crippen LogP contribution >= 0.6 is 0 Å². The average Bonchev–Trinajstić information content (AvgIpc) is 2.92. The molecule has 4 rings (SSSR count). The zero-order valence-electron chi connectivity index (χ0n) is 17.5. The van der Waals surface area contributed by atoms with Crippen LogP contribution in [-0.2, 0) is 23.9 Å². The summed E-state index contributed by atoms with van der Waals surface area (Å²) in [6.45, 7) is 7.46. The molecule has 0 aromatic heterocycles. The Labute approximate surface area is 167 Å². The zero-order valence-corrected chi connectivity index (χ0v) is 17.5. The molecule has 7 atom stereocenters. The van der Waals surface area contributed by atoms with E-state index in [9.17, 15) is 14.4 Å². The van der Waals surface area contributed by atoms with Crippen LogP contribution in [0.2, 0.25) is 0 Å². The van der Waals surface area contributed by atoms with Crippen molar-refractivity contribution in [3.63, 3.8) is 0 Å². The van der Waals surface area contributed by atoms with Gasteiger partial charge in [0.05, 0.1) is 0 Å². The predicted molar refractivity (Wildman–Crippen MR) is 103 cm³/mol. The standard InChI is InChI=1S/C23H32O5/c1-13(24)27-16-7-9-22(3)15(11-16)12-19(26)21-17-5-6-20(28-14(2)25)23(17,4)10-8-18(21)22/h12,16-18,20-21H,5-11H2,1-4H3/t16-,17+,18+,20-,21-,22+,23+/m1/s1. The molecule has 0 aromatic carbocycles. The molecule has 0 saturated heterocycles. The van der Waals surface area contributed by atoms with Crippen LogP contribution in [0.5, 0.6) is 0 Å². The van der Waals surface area contributed by atoms with Gasteiger partial charge in [-0.1, -0.05) is 19.4 Å². The second-order valence-corrected chi connectivity index (χ2v) is 9.92. The summed E-state index contributed by atoms with van der Waals surface area (Å²) in [6.07, 6.45) is 8.02. The summed E-state index contributed by atoms with van der Waals surface area (Å²) >= 11 is 0. The van der Waals surface area contributed by atoms with E-state index in [4.69, 9.17) is 9.47 Å². The highest BCUT2D eigenvalue weighted by Crippen LogP contribution is 2.64. The van der Waals surface area contributed by atoms with Crippen molar-refractivity contribution < 1.29 is 23.9 Å². The van der Waals surface area contributed by atoms with Crippen LogP contribution in [0.4, 0.5) is 0 Å². The molecule has 0 amide bonds. The topological polar surface area (TPSA) is 69.7 Å². The first-order valence-electron chi connectivity index (χ1n) is 10.7. The maximum absolute atomic E-state index is 13.3. The monoisotopic (exact) mass is 388 g/mol. The molecule has 0 aliphatic heterocycles. The van der Waals surface area contributed by atoms with Gasteiger partial charge in [0.1, 0.15) is 12.2 Å². The maximum Gasteiger partial charge on any atom is 0.302 e. The van der Waals surface area contributed by atoms with Crippen LogP contribution in [0.3, 0.4) is 0 Å². The van der Waals surface area contributed by atoms with Gasteiger partial charge in [0, 0.05) is 31.6 Å². The number of fused-ring (bicyclic) bond motifs is 5. The minimum Gasteiger partial charge on any atom is -0.462 e. The van der Waals surface area contributed by atoms with Crippen LogP contribution in [0.15, 0.2) is 11.6 Å². The fourth-order valence-electron chi connectivity index (χ4n) is 7.05. The van der Waals surface area contributed by atoms with Crippen LogP contribution in [-0.4, -0.2) is 29.9 Å². The minimum atomic E-state index is -0.245. The molecular formula is C23H32O5. The van der Waals surface area contributed by atoms with Gasteiger partial charge in [-0.15, -0.1) is 0 Å². The molecule has 0 aromatic rings. The summed E-state index contributed by atoms with van der Waals surface area (Å²) in [6, 6.07) is 0. The number of carbonyl (C=O) groups is 3. The molecule has 4 aliphatic rings.